The number of aromatic nitrogens is 3. The van der Waals surface area contributed by atoms with Crippen molar-refractivity contribution in [3.05, 3.63) is 23.8 Å². The Morgan fingerprint density at radius 1 is 1.52 bits per heavy atom. The standard InChI is InChI=1S/C15H21N5O2.ClH/c1-9-6-16-5-4-12(9)18-14(21)13-10(2)22-15(19-13)11-7-17-20(3)8-11;/h7-9,12,16H,4-6H2,1-3H3,(H,18,21);1H. The number of nitrogens with zero attached hydrogens (tertiary/aromatic N) is 3. The van der Waals surface area contributed by atoms with Crippen LogP contribution in [0.15, 0.2) is 16.8 Å². The molecule has 3 rings (SSSR count). The molecule has 0 bridgehead atoms. The van der Waals surface area contributed by atoms with Crippen molar-refractivity contribution in [3.63, 3.8) is 0 Å². The maximum atomic E-state index is 12.5. The predicted octanol–water partition coefficient (Wildman–Crippen LogP) is 1.53. The Balaban J connectivity index is 0.00000192. The summed E-state index contributed by atoms with van der Waals surface area (Å²) in [4.78, 5) is 16.8. The molecular weight excluding hydrogens is 318 g/mol. The fourth-order valence-electron chi connectivity index (χ4n) is 2.73. The van der Waals surface area contributed by atoms with E-state index >= 15 is 0 Å². The van der Waals surface area contributed by atoms with Gasteiger partial charge in [-0.2, -0.15) is 5.10 Å². The first-order valence-electron chi connectivity index (χ1n) is 7.52. The van der Waals surface area contributed by atoms with Crippen LogP contribution in [0, 0.1) is 12.8 Å². The number of oxazole rings is 1. The van der Waals surface area contributed by atoms with E-state index in [9.17, 15) is 4.79 Å². The van der Waals surface area contributed by atoms with Crippen LogP contribution in [0.5, 0.6) is 0 Å². The minimum Gasteiger partial charge on any atom is -0.440 e. The quantitative estimate of drug-likeness (QED) is 0.886. The molecule has 1 aliphatic rings. The van der Waals surface area contributed by atoms with Crippen molar-refractivity contribution >= 4 is 18.3 Å². The van der Waals surface area contributed by atoms with Gasteiger partial charge in [0.1, 0.15) is 5.76 Å². The van der Waals surface area contributed by atoms with Gasteiger partial charge in [0.05, 0.1) is 11.8 Å². The summed E-state index contributed by atoms with van der Waals surface area (Å²) in [6.07, 6.45) is 4.41. The molecule has 1 saturated heterocycles. The lowest BCUT2D eigenvalue weighted by atomic mass is 9.95. The highest BCUT2D eigenvalue weighted by Gasteiger charge is 2.26. The summed E-state index contributed by atoms with van der Waals surface area (Å²) >= 11 is 0. The van der Waals surface area contributed by atoms with Gasteiger partial charge in [-0.15, -0.1) is 12.4 Å². The molecule has 0 saturated carbocycles. The van der Waals surface area contributed by atoms with Crippen molar-refractivity contribution in [2.24, 2.45) is 13.0 Å². The predicted molar refractivity (Wildman–Crippen MR) is 88.6 cm³/mol. The van der Waals surface area contributed by atoms with E-state index in [0.29, 0.717) is 23.3 Å². The Hall–Kier alpha value is -1.86. The molecule has 0 aromatic carbocycles. The monoisotopic (exact) mass is 339 g/mol. The van der Waals surface area contributed by atoms with Crippen molar-refractivity contribution in [1.82, 2.24) is 25.4 Å². The average Bonchev–Trinajstić information content (AvgIpc) is 3.07. The van der Waals surface area contributed by atoms with Gasteiger partial charge >= 0.3 is 0 Å². The van der Waals surface area contributed by atoms with Crippen molar-refractivity contribution in [3.8, 4) is 11.5 Å². The molecule has 7 nitrogen and oxygen atoms in total. The van der Waals surface area contributed by atoms with Gasteiger partial charge < -0.3 is 15.1 Å². The maximum Gasteiger partial charge on any atom is 0.273 e. The number of rotatable bonds is 3. The number of nitrogens with one attached hydrogen (secondary N) is 2. The van der Waals surface area contributed by atoms with Crippen LogP contribution in [0.1, 0.15) is 29.6 Å². The van der Waals surface area contributed by atoms with Crippen molar-refractivity contribution in [2.45, 2.75) is 26.3 Å². The molecule has 2 atom stereocenters. The molecule has 0 radical (unpaired) electrons. The van der Waals surface area contributed by atoms with Gasteiger partial charge in [-0.3, -0.25) is 9.48 Å². The molecular formula is C15H22ClN5O2. The summed E-state index contributed by atoms with van der Waals surface area (Å²) in [5, 5.41) is 10.5. The molecule has 0 spiro atoms. The SMILES string of the molecule is Cc1oc(-c2cnn(C)c2)nc1C(=O)NC1CCNCC1C.Cl. The lowest BCUT2D eigenvalue weighted by molar-refractivity contribution is 0.0908. The lowest BCUT2D eigenvalue weighted by Crippen LogP contribution is -2.48. The highest BCUT2D eigenvalue weighted by Crippen LogP contribution is 2.21. The molecule has 2 aromatic heterocycles. The Bertz CT molecular complexity index is 681. The summed E-state index contributed by atoms with van der Waals surface area (Å²) in [6.45, 7) is 5.74. The number of carbonyl (C=O) groups is 1. The first-order valence-corrected chi connectivity index (χ1v) is 7.52. The lowest BCUT2D eigenvalue weighted by Gasteiger charge is -2.29. The van der Waals surface area contributed by atoms with Crippen LogP contribution in [0.4, 0.5) is 0 Å². The van der Waals surface area contributed by atoms with Crippen LogP contribution in [-0.4, -0.2) is 39.8 Å². The van der Waals surface area contributed by atoms with Gasteiger partial charge in [0.2, 0.25) is 5.89 Å². The van der Waals surface area contributed by atoms with Gasteiger partial charge in [0.25, 0.3) is 5.91 Å². The van der Waals surface area contributed by atoms with Crippen molar-refractivity contribution in [2.75, 3.05) is 13.1 Å². The Morgan fingerprint density at radius 3 is 2.96 bits per heavy atom. The van der Waals surface area contributed by atoms with E-state index in [1.54, 1.807) is 17.8 Å². The van der Waals surface area contributed by atoms with Crippen LogP contribution < -0.4 is 10.6 Å². The number of carbonyl (C=O) groups excluding carboxylic acids is 1. The fourth-order valence-corrected chi connectivity index (χ4v) is 2.73. The minimum atomic E-state index is -0.171. The molecule has 2 aromatic rings. The molecule has 2 N–H and O–H groups in total. The number of aryl methyl sites for hydroxylation is 2. The third kappa shape index (κ3) is 3.73. The van der Waals surface area contributed by atoms with Crippen molar-refractivity contribution in [1.29, 1.82) is 0 Å². The average molecular weight is 340 g/mol. The van der Waals surface area contributed by atoms with E-state index in [1.807, 2.05) is 13.2 Å². The normalized spacial score (nSPS) is 20.8. The second-order valence-corrected chi connectivity index (χ2v) is 5.88. The molecule has 8 heteroatoms. The van der Waals surface area contributed by atoms with Crippen molar-refractivity contribution < 1.29 is 9.21 Å². The summed E-state index contributed by atoms with van der Waals surface area (Å²) in [6, 6.07) is 0.173. The Labute approximate surface area is 141 Å². The van der Waals surface area contributed by atoms with Crippen LogP contribution in [0.2, 0.25) is 0 Å². The first-order chi connectivity index (χ1) is 10.5. The van der Waals surface area contributed by atoms with E-state index in [2.05, 4.69) is 27.6 Å². The zero-order valence-electron chi connectivity index (χ0n) is 13.5. The Kier molecular flexibility index (Phi) is 5.43. The second-order valence-electron chi connectivity index (χ2n) is 5.88. The van der Waals surface area contributed by atoms with Gasteiger partial charge in [-0.1, -0.05) is 6.92 Å². The highest BCUT2D eigenvalue weighted by atomic mass is 35.5. The van der Waals surface area contributed by atoms with Gasteiger partial charge in [0.15, 0.2) is 5.69 Å². The molecule has 1 aliphatic heterocycles. The number of halogens is 1. The zero-order chi connectivity index (χ0) is 15.7. The first kappa shape index (κ1) is 17.5. The third-order valence-electron chi connectivity index (χ3n) is 4.07. The van der Waals surface area contributed by atoms with E-state index in [0.717, 1.165) is 25.1 Å². The van der Waals surface area contributed by atoms with E-state index in [-0.39, 0.29) is 24.4 Å². The van der Waals surface area contributed by atoms with Crippen LogP contribution in [-0.2, 0) is 7.05 Å². The fraction of sp³-hybridized carbons (Fsp3) is 0.533. The number of piperidine rings is 1. The Morgan fingerprint density at radius 2 is 2.30 bits per heavy atom. The topological polar surface area (TPSA) is 85.0 Å². The van der Waals surface area contributed by atoms with E-state index in [4.69, 9.17) is 4.42 Å². The minimum absolute atomic E-state index is 0. The molecule has 2 unspecified atom stereocenters. The van der Waals surface area contributed by atoms with Crippen LogP contribution in [0.3, 0.4) is 0 Å². The number of hydrogen-bond acceptors (Lipinski definition) is 5. The third-order valence-corrected chi connectivity index (χ3v) is 4.07. The molecule has 1 amide bonds. The smallest absolute Gasteiger partial charge is 0.273 e. The summed E-state index contributed by atoms with van der Waals surface area (Å²) < 4.78 is 7.29. The molecule has 126 valence electrons. The van der Waals surface area contributed by atoms with E-state index < -0.39 is 0 Å². The largest absolute Gasteiger partial charge is 0.440 e. The van der Waals surface area contributed by atoms with Crippen LogP contribution in [0.25, 0.3) is 11.5 Å². The zero-order valence-corrected chi connectivity index (χ0v) is 14.3. The summed E-state index contributed by atoms with van der Waals surface area (Å²) in [5.74, 6) is 1.19. The maximum absolute atomic E-state index is 12.5. The number of amides is 1. The van der Waals surface area contributed by atoms with Gasteiger partial charge in [-0.25, -0.2) is 4.98 Å². The number of hydrogen-bond donors (Lipinski definition) is 2. The molecule has 3 heterocycles. The summed E-state index contributed by atoms with van der Waals surface area (Å²) in [5.41, 5.74) is 1.12. The van der Waals surface area contributed by atoms with Crippen LogP contribution >= 0.6 is 12.4 Å². The van der Waals surface area contributed by atoms with Gasteiger partial charge in [-0.05, 0) is 32.4 Å². The molecule has 0 aliphatic carbocycles. The summed E-state index contributed by atoms with van der Waals surface area (Å²) in [7, 11) is 1.82. The highest BCUT2D eigenvalue weighted by molar-refractivity contribution is 5.93. The molecule has 23 heavy (non-hydrogen) atoms. The second kappa shape index (κ2) is 7.14. The molecule has 1 fully saturated rings. The van der Waals surface area contributed by atoms with Gasteiger partial charge in [0, 0.05) is 19.3 Å². The van der Waals surface area contributed by atoms with E-state index in [1.165, 1.54) is 0 Å².